The van der Waals surface area contributed by atoms with Crippen LogP contribution in [0, 0.1) is 0 Å². The lowest BCUT2D eigenvalue weighted by Crippen LogP contribution is -2.62. The first kappa shape index (κ1) is 20.2. The summed E-state index contributed by atoms with van der Waals surface area (Å²) >= 11 is 0. The number of aromatic nitrogens is 1. The van der Waals surface area contributed by atoms with Crippen LogP contribution in [-0.4, -0.2) is 79.1 Å². The molecule has 2 amide bonds. The predicted molar refractivity (Wildman–Crippen MR) is 109 cm³/mol. The first-order valence-corrected chi connectivity index (χ1v) is 10.0. The Morgan fingerprint density at radius 3 is 2.79 bits per heavy atom. The van der Waals surface area contributed by atoms with E-state index < -0.39 is 0 Å². The fourth-order valence-electron chi connectivity index (χ4n) is 3.92. The summed E-state index contributed by atoms with van der Waals surface area (Å²) < 4.78 is 6.06. The van der Waals surface area contributed by atoms with Crippen LogP contribution in [0.15, 0.2) is 24.4 Å². The van der Waals surface area contributed by atoms with E-state index in [-0.39, 0.29) is 18.4 Å². The van der Waals surface area contributed by atoms with Crippen molar-refractivity contribution in [3.63, 3.8) is 0 Å². The smallest absolute Gasteiger partial charge is 0.278 e. The van der Waals surface area contributed by atoms with Crippen molar-refractivity contribution >= 4 is 22.7 Å². The molecule has 0 aliphatic carbocycles. The van der Waals surface area contributed by atoms with Gasteiger partial charge in [0.15, 0.2) is 6.54 Å². The molecule has 0 radical (unpaired) electrons. The number of nitrogens with one attached hydrogen (secondary N) is 2. The van der Waals surface area contributed by atoms with Gasteiger partial charge >= 0.3 is 0 Å². The molecular formula is C21H31N4O3+. The van der Waals surface area contributed by atoms with Gasteiger partial charge in [-0.25, -0.2) is 0 Å². The molecule has 0 spiro atoms. The average molecular weight is 388 g/mol. The van der Waals surface area contributed by atoms with E-state index in [0.717, 1.165) is 52.8 Å². The van der Waals surface area contributed by atoms with Gasteiger partial charge < -0.3 is 24.4 Å². The fourth-order valence-corrected chi connectivity index (χ4v) is 3.92. The number of hydrogen-bond acceptors (Lipinski definition) is 3. The second-order valence-corrected chi connectivity index (χ2v) is 7.50. The van der Waals surface area contributed by atoms with Gasteiger partial charge in [-0.15, -0.1) is 0 Å². The van der Waals surface area contributed by atoms with Crippen LogP contribution in [0.2, 0.25) is 0 Å². The first-order chi connectivity index (χ1) is 13.5. The zero-order chi connectivity index (χ0) is 20.1. The van der Waals surface area contributed by atoms with Gasteiger partial charge in [0.05, 0.1) is 39.8 Å². The number of carbonyl (C=O) groups is 2. The van der Waals surface area contributed by atoms with Crippen LogP contribution in [0.3, 0.4) is 0 Å². The number of aromatic amines is 1. The van der Waals surface area contributed by atoms with Crippen molar-refractivity contribution in [2.24, 2.45) is 0 Å². The number of quaternary nitrogens is 1. The first-order valence-electron chi connectivity index (χ1n) is 10.0. The van der Waals surface area contributed by atoms with Crippen molar-refractivity contribution in [2.75, 3.05) is 52.9 Å². The molecular weight excluding hydrogens is 356 g/mol. The monoisotopic (exact) mass is 387 g/mol. The van der Waals surface area contributed by atoms with Gasteiger partial charge in [0.25, 0.3) is 5.91 Å². The molecule has 7 nitrogen and oxygen atoms in total. The lowest BCUT2D eigenvalue weighted by Gasteiger charge is -2.42. The van der Waals surface area contributed by atoms with E-state index in [1.807, 2.05) is 24.4 Å². The molecule has 1 saturated heterocycles. The normalized spacial score (nSPS) is 16.4. The van der Waals surface area contributed by atoms with Gasteiger partial charge in [0.1, 0.15) is 5.75 Å². The summed E-state index contributed by atoms with van der Waals surface area (Å²) in [5, 5.41) is 4.08. The molecule has 1 aromatic carbocycles. The van der Waals surface area contributed by atoms with Crippen molar-refractivity contribution in [1.82, 2.24) is 15.2 Å². The fraction of sp³-hybridized carbons (Fsp3) is 0.524. The Morgan fingerprint density at radius 1 is 1.32 bits per heavy atom. The number of methoxy groups -OCH3 is 1. The van der Waals surface area contributed by atoms with Crippen LogP contribution in [0.5, 0.6) is 5.75 Å². The van der Waals surface area contributed by atoms with E-state index in [2.05, 4.69) is 24.1 Å². The Hall–Kier alpha value is -2.54. The molecule has 1 aliphatic heterocycles. The van der Waals surface area contributed by atoms with E-state index >= 15 is 0 Å². The Bertz CT molecular complexity index is 841. The van der Waals surface area contributed by atoms with Gasteiger partial charge in [-0.2, -0.15) is 0 Å². The number of rotatable bonds is 8. The van der Waals surface area contributed by atoms with Gasteiger partial charge in [-0.3, -0.25) is 9.59 Å². The molecule has 3 rings (SSSR count). The molecule has 152 valence electrons. The van der Waals surface area contributed by atoms with Crippen molar-refractivity contribution in [3.05, 3.63) is 30.0 Å². The Labute approximate surface area is 166 Å². The van der Waals surface area contributed by atoms with Gasteiger partial charge in [-0.1, -0.05) is 0 Å². The van der Waals surface area contributed by atoms with E-state index in [0.29, 0.717) is 19.6 Å². The number of hydrogen-bond donors (Lipinski definition) is 2. The Kier molecular flexibility index (Phi) is 6.24. The van der Waals surface area contributed by atoms with E-state index in [1.165, 1.54) is 0 Å². The lowest BCUT2D eigenvalue weighted by atomic mass is 10.1. The molecule has 0 atom stereocenters. The van der Waals surface area contributed by atoms with Crippen LogP contribution in [-0.2, 0) is 16.0 Å². The molecule has 2 N–H and O–H groups in total. The van der Waals surface area contributed by atoms with Crippen molar-refractivity contribution in [2.45, 2.75) is 20.3 Å². The van der Waals surface area contributed by atoms with Crippen molar-refractivity contribution < 1.29 is 18.8 Å². The third-order valence-corrected chi connectivity index (χ3v) is 6.03. The Balaban J connectivity index is 1.48. The number of fused-ring (bicyclic) bond motifs is 1. The zero-order valence-corrected chi connectivity index (χ0v) is 17.1. The number of carbonyl (C=O) groups excluding carboxylic acids is 2. The van der Waals surface area contributed by atoms with Crippen molar-refractivity contribution in [3.8, 4) is 5.75 Å². The summed E-state index contributed by atoms with van der Waals surface area (Å²) in [6.45, 7) is 8.93. The molecule has 2 aromatic rings. The van der Waals surface area contributed by atoms with Gasteiger partial charge in [-0.05, 0) is 38.0 Å². The average Bonchev–Trinajstić information content (AvgIpc) is 3.11. The van der Waals surface area contributed by atoms with E-state index in [4.69, 9.17) is 4.74 Å². The minimum atomic E-state index is -0.0946. The zero-order valence-electron chi connectivity index (χ0n) is 17.1. The van der Waals surface area contributed by atoms with Crippen LogP contribution in [0.25, 0.3) is 10.9 Å². The highest BCUT2D eigenvalue weighted by atomic mass is 16.5. The molecule has 7 heteroatoms. The van der Waals surface area contributed by atoms with Crippen LogP contribution < -0.4 is 10.1 Å². The number of nitrogens with zero attached hydrogens (tertiary/aromatic N) is 2. The van der Waals surface area contributed by atoms with Crippen LogP contribution in [0.4, 0.5) is 0 Å². The van der Waals surface area contributed by atoms with Crippen LogP contribution >= 0.6 is 0 Å². The summed E-state index contributed by atoms with van der Waals surface area (Å²) in [5.74, 6) is 0.799. The lowest BCUT2D eigenvalue weighted by molar-refractivity contribution is -0.920. The summed E-state index contributed by atoms with van der Waals surface area (Å²) in [4.78, 5) is 29.7. The maximum atomic E-state index is 12.4. The topological polar surface area (TPSA) is 74.4 Å². The van der Waals surface area contributed by atoms with E-state index in [9.17, 15) is 9.59 Å². The third-order valence-electron chi connectivity index (χ3n) is 6.03. The number of benzene rings is 1. The molecule has 0 saturated carbocycles. The molecule has 1 aromatic heterocycles. The van der Waals surface area contributed by atoms with Gasteiger partial charge in [0.2, 0.25) is 5.91 Å². The third kappa shape index (κ3) is 4.30. The summed E-state index contributed by atoms with van der Waals surface area (Å²) in [6, 6.07) is 5.93. The molecule has 1 fully saturated rings. The highest BCUT2D eigenvalue weighted by Crippen LogP contribution is 2.23. The van der Waals surface area contributed by atoms with Crippen LogP contribution in [0.1, 0.15) is 19.4 Å². The largest absolute Gasteiger partial charge is 0.497 e. The second-order valence-electron chi connectivity index (χ2n) is 7.50. The predicted octanol–water partition coefficient (Wildman–Crippen LogP) is 1.53. The number of piperazine rings is 1. The highest BCUT2D eigenvalue weighted by Gasteiger charge is 2.35. The van der Waals surface area contributed by atoms with Crippen molar-refractivity contribution in [1.29, 1.82) is 0 Å². The Morgan fingerprint density at radius 2 is 2.11 bits per heavy atom. The summed E-state index contributed by atoms with van der Waals surface area (Å²) in [5.41, 5.74) is 2.17. The molecule has 1 aliphatic rings. The van der Waals surface area contributed by atoms with E-state index in [1.54, 1.807) is 12.0 Å². The number of likely N-dealkylation sites (N-methyl/N-ethyl adjacent to an activating group) is 1. The van der Waals surface area contributed by atoms with Gasteiger partial charge in [0, 0.05) is 29.7 Å². The molecule has 2 heterocycles. The maximum Gasteiger partial charge on any atom is 0.278 e. The summed E-state index contributed by atoms with van der Waals surface area (Å²) in [6.07, 6.45) is 2.70. The standard InChI is InChI=1S/C21H30N4O3/c1-4-25(5-2)11-10-24(21(27)15-25)14-20(26)22-9-8-16-13-23-19-12-17(28-3)6-7-18(16)19/h6-7,12-13,23H,4-5,8-11,14-15H2,1-3H3/p+1. The molecule has 0 bridgehead atoms. The summed E-state index contributed by atoms with van der Waals surface area (Å²) in [7, 11) is 1.65. The minimum absolute atomic E-state index is 0.0793. The SMILES string of the molecule is CC[N+]1(CC)CCN(CC(=O)NCCc2c[nH]c3cc(OC)ccc23)C(=O)C1. The number of H-pyrrole nitrogens is 1. The second kappa shape index (κ2) is 8.65. The highest BCUT2D eigenvalue weighted by molar-refractivity contribution is 5.86. The number of amides is 2. The maximum absolute atomic E-state index is 12.4. The quantitative estimate of drug-likeness (QED) is 0.675. The molecule has 0 unspecified atom stereocenters. The number of ether oxygens (including phenoxy) is 1. The minimum Gasteiger partial charge on any atom is -0.497 e. The molecule has 28 heavy (non-hydrogen) atoms.